The van der Waals surface area contributed by atoms with Gasteiger partial charge >= 0.3 is 5.91 Å². The number of amides is 1. The summed E-state index contributed by atoms with van der Waals surface area (Å²) in [6, 6.07) is 11.3. The lowest BCUT2D eigenvalue weighted by Crippen LogP contribution is -2.30. The molecule has 0 radical (unpaired) electrons. The number of hydrogen-bond acceptors (Lipinski definition) is 6. The van der Waals surface area contributed by atoms with Crippen molar-refractivity contribution in [2.24, 2.45) is 0 Å². The number of benzene rings is 2. The molecule has 1 saturated heterocycles. The predicted molar refractivity (Wildman–Crippen MR) is 132 cm³/mol. The number of aryl methyl sites for hydroxylation is 3. The van der Waals surface area contributed by atoms with Gasteiger partial charge in [-0.15, -0.1) is 0 Å². The predicted octanol–water partition coefficient (Wildman–Crippen LogP) is 5.37. The van der Waals surface area contributed by atoms with Crippen LogP contribution in [0.25, 0.3) is 16.8 Å². The minimum atomic E-state index is -1.06. The quantitative estimate of drug-likeness (QED) is 0.226. The Morgan fingerprint density at radius 1 is 1.11 bits per heavy atom. The summed E-state index contributed by atoms with van der Waals surface area (Å²) in [5.74, 6) is -0.898. The number of carbonyl (C=O) groups excluding carboxylic acids is 2. The van der Waals surface area contributed by atoms with E-state index in [1.54, 1.807) is 38.1 Å². The number of imidazole rings is 1. The van der Waals surface area contributed by atoms with Gasteiger partial charge in [-0.05, 0) is 68.3 Å². The number of aromatic amines is 1. The Labute approximate surface area is 205 Å². The maximum absolute atomic E-state index is 13.4. The van der Waals surface area contributed by atoms with Gasteiger partial charge in [-0.1, -0.05) is 17.7 Å². The normalized spacial score (nSPS) is 17.5. The maximum atomic E-state index is 13.4. The van der Waals surface area contributed by atoms with Crippen LogP contribution in [0.15, 0.2) is 52.5 Å². The van der Waals surface area contributed by atoms with Crippen molar-refractivity contribution in [3.8, 4) is 5.75 Å². The van der Waals surface area contributed by atoms with Crippen LogP contribution in [0.2, 0.25) is 5.02 Å². The van der Waals surface area contributed by atoms with Crippen LogP contribution in [0.4, 0.5) is 5.95 Å². The summed E-state index contributed by atoms with van der Waals surface area (Å²) >= 11 is 6.34. The third-order valence-electron chi connectivity index (χ3n) is 5.98. The topological polar surface area (TPSA) is 109 Å². The molecule has 8 nitrogen and oxygen atoms in total. The molecule has 0 spiro atoms. The van der Waals surface area contributed by atoms with Crippen LogP contribution < -0.4 is 9.64 Å². The molecule has 5 rings (SSSR count). The van der Waals surface area contributed by atoms with E-state index in [1.165, 1.54) is 12.0 Å². The number of rotatable bonds is 4. The average molecular weight is 492 g/mol. The van der Waals surface area contributed by atoms with Crippen LogP contribution in [0.1, 0.15) is 34.3 Å². The van der Waals surface area contributed by atoms with Gasteiger partial charge in [0.25, 0.3) is 5.78 Å². The number of H-pyrrole nitrogens is 1. The van der Waals surface area contributed by atoms with Gasteiger partial charge in [0.15, 0.2) is 0 Å². The Hall–Kier alpha value is -4.04. The summed E-state index contributed by atoms with van der Waals surface area (Å²) in [6.07, 6.45) is 0. The van der Waals surface area contributed by atoms with Crippen molar-refractivity contribution in [2.75, 3.05) is 12.0 Å². The number of hydrogen-bond donors (Lipinski definition) is 2. The first-order valence-electron chi connectivity index (χ1n) is 10.9. The zero-order valence-electron chi connectivity index (χ0n) is 19.5. The number of ketones is 1. The number of fused-ring (bicyclic) bond motifs is 1. The van der Waals surface area contributed by atoms with E-state index >= 15 is 0 Å². The molecular weight excluding hydrogens is 470 g/mol. The Morgan fingerprint density at radius 3 is 2.57 bits per heavy atom. The van der Waals surface area contributed by atoms with Gasteiger partial charge in [-0.3, -0.25) is 14.5 Å². The van der Waals surface area contributed by atoms with E-state index < -0.39 is 23.5 Å². The van der Waals surface area contributed by atoms with E-state index in [2.05, 4.69) is 9.97 Å². The van der Waals surface area contributed by atoms with E-state index in [0.717, 1.165) is 11.1 Å². The minimum Gasteiger partial charge on any atom is -0.507 e. The summed E-state index contributed by atoms with van der Waals surface area (Å²) in [5.41, 5.74) is 3.14. The van der Waals surface area contributed by atoms with Gasteiger partial charge in [-0.25, -0.2) is 4.98 Å². The summed E-state index contributed by atoms with van der Waals surface area (Å²) in [6.45, 7) is 5.49. The van der Waals surface area contributed by atoms with Gasteiger partial charge in [0.05, 0.1) is 34.3 Å². The highest BCUT2D eigenvalue weighted by Crippen LogP contribution is 2.44. The zero-order valence-corrected chi connectivity index (χ0v) is 20.2. The zero-order chi connectivity index (χ0) is 25.0. The van der Waals surface area contributed by atoms with Gasteiger partial charge in [0.2, 0.25) is 5.95 Å². The second-order valence-electron chi connectivity index (χ2n) is 8.53. The molecule has 3 heterocycles. The van der Waals surface area contributed by atoms with Crippen molar-refractivity contribution >= 4 is 46.0 Å². The molecule has 1 aliphatic heterocycles. The Balaban J connectivity index is 1.76. The fraction of sp³-hybridized carbons (Fsp3) is 0.192. The van der Waals surface area contributed by atoms with Gasteiger partial charge < -0.3 is 19.2 Å². The lowest BCUT2D eigenvalue weighted by Gasteiger charge is -2.21. The van der Waals surface area contributed by atoms with E-state index in [9.17, 15) is 14.7 Å². The van der Waals surface area contributed by atoms with Crippen LogP contribution in [0.3, 0.4) is 0 Å². The number of methoxy groups -OCH3 is 1. The maximum Gasteiger partial charge on any atom is 0.302 e. The highest BCUT2D eigenvalue weighted by atomic mass is 35.5. The second-order valence-corrected chi connectivity index (χ2v) is 8.93. The molecule has 0 bridgehead atoms. The van der Waals surface area contributed by atoms with Crippen molar-refractivity contribution in [2.45, 2.75) is 26.8 Å². The number of aliphatic hydroxyl groups is 1. The molecule has 1 fully saturated rings. The molecule has 1 amide bonds. The Bertz CT molecular complexity index is 1550. The highest BCUT2D eigenvalue weighted by molar-refractivity contribution is 6.51. The molecule has 2 N–H and O–H groups in total. The van der Waals surface area contributed by atoms with Crippen LogP contribution in [0, 0.1) is 20.8 Å². The summed E-state index contributed by atoms with van der Waals surface area (Å²) in [4.78, 5) is 35.6. The highest BCUT2D eigenvalue weighted by Gasteiger charge is 2.50. The number of halogens is 1. The van der Waals surface area contributed by atoms with Gasteiger partial charge in [0, 0.05) is 0 Å². The minimum absolute atomic E-state index is 0.152. The molecule has 0 saturated carbocycles. The number of ether oxygens (including phenoxy) is 1. The molecule has 2 aromatic carbocycles. The smallest absolute Gasteiger partial charge is 0.302 e. The monoisotopic (exact) mass is 491 g/mol. The average Bonchev–Trinajstić information content (AvgIpc) is 3.48. The molecule has 1 atom stereocenters. The molecule has 35 heavy (non-hydrogen) atoms. The summed E-state index contributed by atoms with van der Waals surface area (Å²) in [7, 11) is 1.41. The van der Waals surface area contributed by atoms with Crippen LogP contribution in [0.5, 0.6) is 5.75 Å². The van der Waals surface area contributed by atoms with Crippen LogP contribution in [-0.2, 0) is 9.59 Å². The Morgan fingerprint density at radius 2 is 1.89 bits per heavy atom. The molecule has 1 aliphatic rings. The lowest BCUT2D eigenvalue weighted by atomic mass is 9.98. The molecule has 1 unspecified atom stereocenters. The molecule has 178 valence electrons. The lowest BCUT2D eigenvalue weighted by molar-refractivity contribution is -0.132. The SMILES string of the molecule is COc1c(Cl)cc(C)cc1/C(O)=C1\C(=O)C(=O)N(c2nc3ccc(C)cc3[nH]2)C1c1ccc(C)o1. The first-order chi connectivity index (χ1) is 16.7. The first kappa shape index (κ1) is 22.7. The van der Waals surface area contributed by atoms with Crippen molar-refractivity contribution in [1.82, 2.24) is 9.97 Å². The number of anilines is 1. The Kier molecular flexibility index (Phi) is 5.40. The molecule has 9 heteroatoms. The van der Waals surface area contributed by atoms with E-state index in [1.807, 2.05) is 25.1 Å². The number of nitrogens with zero attached hydrogens (tertiary/aromatic N) is 2. The summed E-state index contributed by atoms with van der Waals surface area (Å²) in [5, 5.41) is 11.7. The number of nitrogens with one attached hydrogen (secondary N) is 1. The third kappa shape index (κ3) is 3.66. The second kappa shape index (κ2) is 8.32. The number of Topliss-reactive ketones (excluding diaryl/α,β-unsaturated/α-hetero) is 1. The van der Waals surface area contributed by atoms with Crippen LogP contribution in [-0.4, -0.2) is 33.9 Å². The first-order valence-corrected chi connectivity index (χ1v) is 11.3. The largest absolute Gasteiger partial charge is 0.507 e. The molecule has 2 aromatic heterocycles. The molecular formula is C26H22ClN3O5. The standard InChI is InChI=1S/C26H22ClN3O5/c1-12-5-7-17-18(11-12)29-26(28-17)30-21(19-8-6-14(3)35-19)20(23(32)25(30)33)22(31)15-9-13(2)10-16(27)24(15)34-4/h5-11,21,31H,1-4H3,(H,28,29)/b22-20+. The van der Waals surface area contributed by atoms with Crippen molar-refractivity contribution in [3.63, 3.8) is 0 Å². The molecule has 0 aliphatic carbocycles. The van der Waals surface area contributed by atoms with Crippen LogP contribution >= 0.6 is 11.6 Å². The fourth-order valence-electron chi connectivity index (χ4n) is 4.40. The van der Waals surface area contributed by atoms with Gasteiger partial charge in [-0.2, -0.15) is 0 Å². The van der Waals surface area contributed by atoms with E-state index in [4.69, 9.17) is 20.8 Å². The number of furan rings is 1. The number of aliphatic hydroxyl groups excluding tert-OH is 1. The van der Waals surface area contributed by atoms with Crippen molar-refractivity contribution < 1.29 is 23.8 Å². The number of aromatic nitrogens is 2. The van der Waals surface area contributed by atoms with E-state index in [-0.39, 0.29) is 27.9 Å². The van der Waals surface area contributed by atoms with Crippen molar-refractivity contribution in [3.05, 3.63) is 81.3 Å². The van der Waals surface area contributed by atoms with Crippen molar-refractivity contribution in [1.29, 1.82) is 0 Å². The van der Waals surface area contributed by atoms with E-state index in [0.29, 0.717) is 22.6 Å². The number of carbonyl (C=O) groups is 2. The fourth-order valence-corrected chi connectivity index (χ4v) is 4.75. The van der Waals surface area contributed by atoms with Gasteiger partial charge in [0.1, 0.15) is 29.1 Å². The molecule has 4 aromatic rings. The third-order valence-corrected chi connectivity index (χ3v) is 6.26. The summed E-state index contributed by atoms with van der Waals surface area (Å²) < 4.78 is 11.2.